The molecule has 3 aromatic heterocycles. The van der Waals surface area contributed by atoms with Gasteiger partial charge in [-0.05, 0) is 48.0 Å². The number of nitrogen functional groups attached to an aromatic ring is 1. The minimum Gasteiger partial charge on any atom is -0.382 e. The Balaban J connectivity index is 1.41. The molecule has 0 bridgehead atoms. The van der Waals surface area contributed by atoms with Crippen LogP contribution in [0.2, 0.25) is 0 Å². The Morgan fingerprint density at radius 2 is 1.66 bits per heavy atom. The quantitative estimate of drug-likeness (QED) is 0.282. The normalized spacial score (nSPS) is 11.7. The maximum atomic E-state index is 6.42. The molecule has 2 N–H and O–H groups in total. The first-order valence-electron chi connectivity index (χ1n) is 13.1. The molecular formula is C31H31N7. The molecule has 0 unspecified atom stereocenters. The van der Waals surface area contributed by atoms with E-state index in [1.54, 1.807) is 0 Å². The van der Waals surface area contributed by atoms with E-state index in [4.69, 9.17) is 10.8 Å². The summed E-state index contributed by atoms with van der Waals surface area (Å²) in [7, 11) is 0. The molecule has 0 aliphatic carbocycles. The second-order valence-electron chi connectivity index (χ2n) is 9.60. The van der Waals surface area contributed by atoms with Gasteiger partial charge in [0.15, 0.2) is 5.82 Å². The third-order valence-electron chi connectivity index (χ3n) is 7.16. The van der Waals surface area contributed by atoms with Crippen molar-refractivity contribution < 1.29 is 0 Å². The fourth-order valence-electron chi connectivity index (χ4n) is 5.11. The van der Waals surface area contributed by atoms with Crippen LogP contribution in [0, 0.1) is 0 Å². The SMILES string of the molecule is CCN(CC)Cc1cccc(-c2cc(-c3ccc4cn(Cc5ccccc5)nc4c3)c3c(N)ncnn23)c1. The lowest BCUT2D eigenvalue weighted by Gasteiger charge is -2.18. The number of nitrogens with two attached hydrogens (primary N) is 1. The van der Waals surface area contributed by atoms with Crippen LogP contribution in [0.1, 0.15) is 25.0 Å². The Morgan fingerprint density at radius 1 is 0.842 bits per heavy atom. The molecule has 3 heterocycles. The highest BCUT2D eigenvalue weighted by atomic mass is 15.3. The molecule has 0 radical (unpaired) electrons. The second-order valence-corrected chi connectivity index (χ2v) is 9.60. The topological polar surface area (TPSA) is 77.3 Å². The highest BCUT2D eigenvalue weighted by Crippen LogP contribution is 2.36. The summed E-state index contributed by atoms with van der Waals surface area (Å²) in [5.74, 6) is 0.454. The van der Waals surface area contributed by atoms with Gasteiger partial charge in [-0.15, -0.1) is 0 Å². The zero-order valence-electron chi connectivity index (χ0n) is 21.7. The molecule has 6 aromatic rings. The van der Waals surface area contributed by atoms with Gasteiger partial charge in [0, 0.05) is 29.3 Å². The molecule has 0 atom stereocenters. The Bertz CT molecular complexity index is 1710. The highest BCUT2D eigenvalue weighted by molar-refractivity contribution is 5.95. The summed E-state index contributed by atoms with van der Waals surface area (Å²) in [6, 6.07) is 27.6. The summed E-state index contributed by atoms with van der Waals surface area (Å²) in [6.07, 6.45) is 3.61. The smallest absolute Gasteiger partial charge is 0.152 e. The van der Waals surface area contributed by atoms with Crippen molar-refractivity contribution in [3.8, 4) is 22.4 Å². The van der Waals surface area contributed by atoms with E-state index >= 15 is 0 Å². The van der Waals surface area contributed by atoms with Gasteiger partial charge >= 0.3 is 0 Å². The maximum absolute atomic E-state index is 6.42. The molecule has 0 fully saturated rings. The number of benzene rings is 3. The third-order valence-corrected chi connectivity index (χ3v) is 7.16. The van der Waals surface area contributed by atoms with Gasteiger partial charge in [0.05, 0.1) is 17.8 Å². The van der Waals surface area contributed by atoms with Gasteiger partial charge in [0.25, 0.3) is 0 Å². The number of hydrogen-bond donors (Lipinski definition) is 1. The van der Waals surface area contributed by atoms with Gasteiger partial charge in [0.2, 0.25) is 0 Å². The van der Waals surface area contributed by atoms with Crippen molar-refractivity contribution in [2.45, 2.75) is 26.9 Å². The van der Waals surface area contributed by atoms with Crippen molar-refractivity contribution in [1.82, 2.24) is 29.3 Å². The fourth-order valence-corrected chi connectivity index (χ4v) is 5.11. The van der Waals surface area contributed by atoms with Crippen molar-refractivity contribution in [3.63, 3.8) is 0 Å². The monoisotopic (exact) mass is 501 g/mol. The van der Waals surface area contributed by atoms with Crippen molar-refractivity contribution in [2.75, 3.05) is 18.8 Å². The van der Waals surface area contributed by atoms with Gasteiger partial charge in [-0.25, -0.2) is 9.50 Å². The first kappa shape index (κ1) is 23.9. The average Bonchev–Trinajstić information content (AvgIpc) is 3.54. The van der Waals surface area contributed by atoms with E-state index in [1.807, 2.05) is 15.3 Å². The van der Waals surface area contributed by atoms with Gasteiger partial charge in [-0.3, -0.25) is 9.58 Å². The molecule has 190 valence electrons. The third kappa shape index (κ3) is 4.53. The Kier molecular flexibility index (Phi) is 6.35. The standard InChI is InChI=1S/C31H31N7/c1-3-36(4-2)18-23-11-8-12-25(15-23)29-17-27(30-31(32)33-21-34-38(29)30)24-13-14-26-20-37(35-28(26)16-24)19-22-9-6-5-7-10-22/h5-17,20-21H,3-4,18-19H2,1-2H3,(H2,32,33,34). The summed E-state index contributed by atoms with van der Waals surface area (Å²) in [5.41, 5.74) is 14.8. The van der Waals surface area contributed by atoms with Crippen LogP contribution in [0.5, 0.6) is 0 Å². The molecule has 6 rings (SSSR count). The molecule has 7 heteroatoms. The Morgan fingerprint density at radius 3 is 2.47 bits per heavy atom. The zero-order chi connectivity index (χ0) is 26.1. The van der Waals surface area contributed by atoms with Gasteiger partial charge in [0.1, 0.15) is 11.8 Å². The molecule has 0 aliphatic rings. The van der Waals surface area contributed by atoms with Gasteiger partial charge in [-0.1, -0.05) is 74.5 Å². The van der Waals surface area contributed by atoms with E-state index in [-0.39, 0.29) is 0 Å². The van der Waals surface area contributed by atoms with Crippen molar-refractivity contribution in [3.05, 3.63) is 103 Å². The molecule has 3 aromatic carbocycles. The molecule has 0 amide bonds. The summed E-state index contributed by atoms with van der Waals surface area (Å²) in [6.45, 7) is 8.08. The lowest BCUT2D eigenvalue weighted by Crippen LogP contribution is -2.22. The summed E-state index contributed by atoms with van der Waals surface area (Å²) in [5, 5.41) is 10.6. The molecular weight excluding hydrogens is 470 g/mol. The largest absolute Gasteiger partial charge is 0.382 e. The zero-order valence-corrected chi connectivity index (χ0v) is 21.7. The van der Waals surface area contributed by atoms with E-state index in [2.05, 4.69) is 108 Å². The number of fused-ring (bicyclic) bond motifs is 2. The molecule has 0 saturated heterocycles. The van der Waals surface area contributed by atoms with E-state index in [0.29, 0.717) is 5.82 Å². The number of hydrogen-bond acceptors (Lipinski definition) is 5. The van der Waals surface area contributed by atoms with E-state index in [9.17, 15) is 0 Å². The van der Waals surface area contributed by atoms with Crippen molar-refractivity contribution in [1.29, 1.82) is 0 Å². The van der Waals surface area contributed by atoms with Crippen LogP contribution >= 0.6 is 0 Å². The first-order chi connectivity index (χ1) is 18.6. The van der Waals surface area contributed by atoms with E-state index < -0.39 is 0 Å². The van der Waals surface area contributed by atoms with Crippen LogP contribution in [-0.2, 0) is 13.1 Å². The van der Waals surface area contributed by atoms with Crippen LogP contribution in [-0.4, -0.2) is 42.4 Å². The van der Waals surface area contributed by atoms with Crippen LogP contribution in [0.25, 0.3) is 38.8 Å². The van der Waals surface area contributed by atoms with Gasteiger partial charge < -0.3 is 5.73 Å². The minimum absolute atomic E-state index is 0.454. The summed E-state index contributed by atoms with van der Waals surface area (Å²) < 4.78 is 3.90. The Hall–Kier alpha value is -4.49. The lowest BCUT2D eigenvalue weighted by atomic mass is 10.0. The Labute approximate surface area is 222 Å². The predicted molar refractivity (Wildman–Crippen MR) is 154 cm³/mol. The minimum atomic E-state index is 0.454. The van der Waals surface area contributed by atoms with Crippen molar-refractivity contribution >= 4 is 22.2 Å². The average molecular weight is 502 g/mol. The summed E-state index contributed by atoms with van der Waals surface area (Å²) >= 11 is 0. The summed E-state index contributed by atoms with van der Waals surface area (Å²) in [4.78, 5) is 6.72. The number of rotatable bonds is 8. The number of anilines is 1. The fraction of sp³-hybridized carbons (Fsp3) is 0.194. The van der Waals surface area contributed by atoms with Crippen LogP contribution in [0.15, 0.2) is 91.4 Å². The molecule has 0 spiro atoms. The second kappa shape index (κ2) is 10.1. The van der Waals surface area contributed by atoms with E-state index in [0.717, 1.165) is 65.0 Å². The molecule has 0 aliphatic heterocycles. The van der Waals surface area contributed by atoms with Crippen LogP contribution < -0.4 is 5.73 Å². The van der Waals surface area contributed by atoms with E-state index in [1.165, 1.54) is 17.5 Å². The number of aromatic nitrogens is 5. The van der Waals surface area contributed by atoms with Gasteiger partial charge in [-0.2, -0.15) is 10.2 Å². The van der Waals surface area contributed by atoms with Crippen LogP contribution in [0.4, 0.5) is 5.82 Å². The lowest BCUT2D eigenvalue weighted by molar-refractivity contribution is 0.296. The van der Waals surface area contributed by atoms with Crippen molar-refractivity contribution in [2.24, 2.45) is 0 Å². The molecule has 0 saturated carbocycles. The molecule has 38 heavy (non-hydrogen) atoms. The maximum Gasteiger partial charge on any atom is 0.152 e. The highest BCUT2D eigenvalue weighted by Gasteiger charge is 2.18. The first-order valence-corrected chi connectivity index (χ1v) is 13.1. The molecule has 7 nitrogen and oxygen atoms in total. The predicted octanol–water partition coefficient (Wildman–Crippen LogP) is 5.89. The number of nitrogens with zero attached hydrogens (tertiary/aromatic N) is 6. The van der Waals surface area contributed by atoms with Crippen LogP contribution in [0.3, 0.4) is 0 Å².